The van der Waals surface area contributed by atoms with Crippen LogP contribution in [0.2, 0.25) is 5.02 Å². The lowest BCUT2D eigenvalue weighted by Crippen LogP contribution is -1.96. The fraction of sp³-hybridized carbons (Fsp3) is 0.176. The summed E-state index contributed by atoms with van der Waals surface area (Å²) >= 11 is 5.71. The van der Waals surface area contributed by atoms with Crippen molar-refractivity contribution >= 4 is 21.7 Å². The van der Waals surface area contributed by atoms with Gasteiger partial charge in [0.05, 0.1) is 11.5 Å². The second kappa shape index (κ2) is 9.47. The van der Waals surface area contributed by atoms with E-state index >= 15 is 0 Å². The van der Waals surface area contributed by atoms with Crippen molar-refractivity contribution in [2.24, 2.45) is 0 Å². The zero-order chi connectivity index (χ0) is 17.3. The Kier molecular flexibility index (Phi) is 7.98. The molecule has 0 saturated heterocycles. The van der Waals surface area contributed by atoms with E-state index in [9.17, 15) is 8.42 Å². The largest absolute Gasteiger partial charge is 0.392 e. The molecule has 6 heteroatoms. The van der Waals surface area contributed by atoms with E-state index in [0.717, 1.165) is 17.0 Å². The third-order valence-corrected chi connectivity index (χ3v) is 3.98. The van der Waals surface area contributed by atoms with Gasteiger partial charge in [-0.2, -0.15) is 8.42 Å². The first-order valence-corrected chi connectivity index (χ1v) is 8.69. The van der Waals surface area contributed by atoms with Crippen LogP contribution in [0.15, 0.2) is 65.6 Å². The van der Waals surface area contributed by atoms with Crippen molar-refractivity contribution in [2.45, 2.75) is 18.2 Å². The molecule has 2 N–H and O–H groups in total. The molecule has 0 atom stereocenters. The number of aliphatic hydroxyl groups is 1. The second-order valence-corrected chi connectivity index (χ2v) is 6.63. The molecule has 0 aromatic heterocycles. The van der Waals surface area contributed by atoms with E-state index in [2.05, 4.69) is 0 Å². The SMILES string of the molecule is Cc1ccc(S(=O)(=O)O)cc1.OCC=CCc1ccc(Cl)cc1. The first-order chi connectivity index (χ1) is 10.8. The molecule has 0 heterocycles. The number of aryl methyl sites for hydroxylation is 1. The quantitative estimate of drug-likeness (QED) is 0.649. The van der Waals surface area contributed by atoms with Crippen LogP contribution in [0.4, 0.5) is 0 Å². The lowest BCUT2D eigenvalue weighted by atomic mass is 10.1. The monoisotopic (exact) mass is 354 g/mol. The molecule has 2 aromatic carbocycles. The Morgan fingerprint density at radius 2 is 1.57 bits per heavy atom. The Morgan fingerprint density at radius 1 is 1.00 bits per heavy atom. The molecule has 0 unspecified atom stereocenters. The summed E-state index contributed by atoms with van der Waals surface area (Å²) in [6.07, 6.45) is 4.51. The van der Waals surface area contributed by atoms with Crippen LogP contribution in [-0.4, -0.2) is 24.7 Å². The van der Waals surface area contributed by atoms with Gasteiger partial charge in [-0.05, 0) is 43.2 Å². The van der Waals surface area contributed by atoms with Crippen LogP contribution in [0, 0.1) is 6.92 Å². The molecular weight excluding hydrogens is 336 g/mol. The maximum atomic E-state index is 10.5. The fourth-order valence-electron chi connectivity index (χ4n) is 1.62. The zero-order valence-electron chi connectivity index (χ0n) is 12.7. The van der Waals surface area contributed by atoms with Crippen molar-refractivity contribution in [1.82, 2.24) is 0 Å². The molecule has 2 rings (SSSR count). The number of halogens is 1. The van der Waals surface area contributed by atoms with Crippen molar-refractivity contribution in [3.8, 4) is 0 Å². The van der Waals surface area contributed by atoms with Crippen molar-refractivity contribution in [1.29, 1.82) is 0 Å². The van der Waals surface area contributed by atoms with Gasteiger partial charge in [0.25, 0.3) is 10.1 Å². The van der Waals surface area contributed by atoms with Crippen molar-refractivity contribution in [2.75, 3.05) is 6.61 Å². The molecule has 0 aliphatic rings. The summed E-state index contributed by atoms with van der Waals surface area (Å²) in [5.74, 6) is 0. The lowest BCUT2D eigenvalue weighted by Gasteiger charge is -1.95. The Labute approximate surface area is 141 Å². The van der Waals surface area contributed by atoms with Crippen LogP contribution in [0.25, 0.3) is 0 Å². The smallest absolute Gasteiger partial charge is 0.294 e. The lowest BCUT2D eigenvalue weighted by molar-refractivity contribution is 0.342. The Morgan fingerprint density at radius 3 is 2.04 bits per heavy atom. The highest BCUT2D eigenvalue weighted by Crippen LogP contribution is 2.10. The fourth-order valence-corrected chi connectivity index (χ4v) is 2.23. The van der Waals surface area contributed by atoms with E-state index in [4.69, 9.17) is 21.3 Å². The van der Waals surface area contributed by atoms with E-state index in [0.29, 0.717) is 0 Å². The standard InChI is InChI=1S/C10H11ClO.C7H8O3S/c11-10-6-4-9(5-7-10)3-1-2-8-12;1-6-2-4-7(5-3-6)11(8,9)10/h1-2,4-7,12H,3,8H2;2-5H,1H3,(H,8,9,10). The van der Waals surface area contributed by atoms with Crippen molar-refractivity contribution in [3.05, 3.63) is 76.8 Å². The van der Waals surface area contributed by atoms with Crippen LogP contribution < -0.4 is 0 Å². The molecule has 2 aromatic rings. The van der Waals surface area contributed by atoms with Gasteiger partial charge in [-0.3, -0.25) is 4.55 Å². The van der Waals surface area contributed by atoms with E-state index < -0.39 is 10.1 Å². The van der Waals surface area contributed by atoms with Gasteiger partial charge in [-0.1, -0.05) is 53.6 Å². The third kappa shape index (κ3) is 7.95. The maximum Gasteiger partial charge on any atom is 0.294 e. The van der Waals surface area contributed by atoms with Crippen LogP contribution in [-0.2, 0) is 16.5 Å². The highest BCUT2D eigenvalue weighted by Gasteiger charge is 2.06. The Balaban J connectivity index is 0.000000231. The molecule has 0 bridgehead atoms. The molecule has 4 nitrogen and oxygen atoms in total. The molecule has 0 radical (unpaired) electrons. The predicted molar refractivity (Wildman–Crippen MR) is 92.4 cm³/mol. The van der Waals surface area contributed by atoms with Gasteiger partial charge in [0.1, 0.15) is 0 Å². The van der Waals surface area contributed by atoms with Gasteiger partial charge in [-0.25, -0.2) is 0 Å². The van der Waals surface area contributed by atoms with Crippen LogP contribution >= 0.6 is 11.6 Å². The highest BCUT2D eigenvalue weighted by molar-refractivity contribution is 7.85. The van der Waals surface area contributed by atoms with Gasteiger partial charge < -0.3 is 5.11 Å². The molecule has 0 saturated carbocycles. The first kappa shape index (κ1) is 19.4. The average molecular weight is 355 g/mol. The molecule has 0 spiro atoms. The maximum absolute atomic E-state index is 10.5. The number of rotatable bonds is 4. The van der Waals surface area contributed by atoms with Crippen LogP contribution in [0.3, 0.4) is 0 Å². The highest BCUT2D eigenvalue weighted by atomic mass is 35.5. The average Bonchev–Trinajstić information content (AvgIpc) is 2.50. The van der Waals surface area contributed by atoms with Crippen molar-refractivity contribution < 1.29 is 18.1 Å². The number of allylic oxidation sites excluding steroid dienone is 1. The molecular formula is C17H19ClO4S. The molecule has 0 aliphatic heterocycles. The Hall–Kier alpha value is -1.66. The number of hydrogen-bond donors (Lipinski definition) is 2. The molecule has 0 amide bonds. The summed E-state index contributed by atoms with van der Waals surface area (Å²) in [4.78, 5) is -0.0666. The summed E-state index contributed by atoms with van der Waals surface area (Å²) in [7, 11) is -4.02. The Bertz CT molecular complexity index is 720. The zero-order valence-corrected chi connectivity index (χ0v) is 14.3. The summed E-state index contributed by atoms with van der Waals surface area (Å²) in [6.45, 7) is 1.95. The van der Waals surface area contributed by atoms with Gasteiger partial charge in [0.15, 0.2) is 0 Å². The number of benzene rings is 2. The second-order valence-electron chi connectivity index (χ2n) is 4.77. The molecule has 0 aliphatic carbocycles. The summed E-state index contributed by atoms with van der Waals surface area (Å²) < 4.78 is 29.6. The molecule has 23 heavy (non-hydrogen) atoms. The van der Waals surface area contributed by atoms with Gasteiger partial charge in [0, 0.05) is 5.02 Å². The topological polar surface area (TPSA) is 74.6 Å². The predicted octanol–water partition coefficient (Wildman–Crippen LogP) is 3.67. The number of hydrogen-bond acceptors (Lipinski definition) is 3. The molecule has 124 valence electrons. The summed E-state index contributed by atoms with van der Waals surface area (Å²) in [6, 6.07) is 13.7. The molecule has 0 fully saturated rings. The van der Waals surface area contributed by atoms with Gasteiger partial charge >= 0.3 is 0 Å². The van der Waals surface area contributed by atoms with Crippen LogP contribution in [0.1, 0.15) is 11.1 Å². The first-order valence-electron chi connectivity index (χ1n) is 6.87. The van der Waals surface area contributed by atoms with E-state index in [1.165, 1.54) is 17.7 Å². The summed E-state index contributed by atoms with van der Waals surface area (Å²) in [5.41, 5.74) is 2.15. The van der Waals surface area contributed by atoms with Crippen LogP contribution in [0.5, 0.6) is 0 Å². The minimum absolute atomic E-state index is 0.0666. The minimum atomic E-state index is -4.02. The van der Waals surface area contributed by atoms with E-state index in [-0.39, 0.29) is 11.5 Å². The third-order valence-electron chi connectivity index (χ3n) is 2.86. The normalized spacial score (nSPS) is 11.1. The van der Waals surface area contributed by atoms with Gasteiger partial charge in [0.2, 0.25) is 0 Å². The van der Waals surface area contributed by atoms with E-state index in [1.807, 2.05) is 37.3 Å². The number of aliphatic hydroxyl groups excluding tert-OH is 1. The minimum Gasteiger partial charge on any atom is -0.392 e. The van der Waals surface area contributed by atoms with Gasteiger partial charge in [-0.15, -0.1) is 0 Å². The summed E-state index contributed by atoms with van der Waals surface area (Å²) in [5, 5.41) is 9.23. The van der Waals surface area contributed by atoms with Crippen molar-refractivity contribution in [3.63, 3.8) is 0 Å². The van der Waals surface area contributed by atoms with E-state index in [1.54, 1.807) is 18.2 Å².